The third kappa shape index (κ3) is 2.91. The third-order valence-electron chi connectivity index (χ3n) is 5.94. The van der Waals surface area contributed by atoms with E-state index in [4.69, 9.17) is 4.74 Å². The van der Waals surface area contributed by atoms with Crippen molar-refractivity contribution in [3.05, 3.63) is 24.3 Å². The van der Waals surface area contributed by atoms with Crippen molar-refractivity contribution in [2.24, 2.45) is 0 Å². The van der Waals surface area contributed by atoms with Crippen LogP contribution in [-0.4, -0.2) is 54.1 Å². The number of nitrogens with one attached hydrogen (secondary N) is 1. The fourth-order valence-corrected chi connectivity index (χ4v) is 4.52. The minimum Gasteiger partial charge on any atom is -0.375 e. The molecule has 1 aliphatic carbocycles. The van der Waals surface area contributed by atoms with E-state index in [0.29, 0.717) is 24.9 Å². The Morgan fingerprint density at radius 3 is 2.88 bits per heavy atom. The van der Waals surface area contributed by atoms with Crippen molar-refractivity contribution in [2.45, 2.75) is 57.2 Å². The van der Waals surface area contributed by atoms with E-state index in [9.17, 15) is 9.59 Å². The van der Waals surface area contributed by atoms with Crippen LogP contribution in [0, 0.1) is 0 Å². The molecule has 1 saturated heterocycles. The Labute approximate surface area is 154 Å². The maximum absolute atomic E-state index is 13.3. The lowest BCUT2D eigenvalue weighted by atomic mass is 9.90. The van der Waals surface area contributed by atoms with Gasteiger partial charge < -0.3 is 10.1 Å². The molecule has 2 atom stereocenters. The normalized spacial score (nSPS) is 28.1. The number of carbonyl (C=O) groups excluding carboxylic acids is 2. The molecular formula is C20H27N3O3. The average Bonchev–Trinajstić information content (AvgIpc) is 2.63. The maximum atomic E-state index is 13.3. The first-order chi connectivity index (χ1) is 12.5. The number of anilines is 2. The molecule has 4 rings (SSSR count). The zero-order valence-corrected chi connectivity index (χ0v) is 15.5. The molecular weight excluding hydrogens is 330 g/mol. The lowest BCUT2D eigenvalue weighted by Gasteiger charge is -2.46. The van der Waals surface area contributed by atoms with Crippen LogP contribution in [0.5, 0.6) is 0 Å². The highest BCUT2D eigenvalue weighted by Gasteiger charge is 2.44. The molecule has 26 heavy (non-hydrogen) atoms. The van der Waals surface area contributed by atoms with Gasteiger partial charge in [-0.15, -0.1) is 0 Å². The molecule has 0 bridgehead atoms. The molecule has 6 heteroatoms. The summed E-state index contributed by atoms with van der Waals surface area (Å²) in [7, 11) is 0. The van der Waals surface area contributed by atoms with Crippen LogP contribution in [-0.2, 0) is 14.3 Å². The van der Waals surface area contributed by atoms with Gasteiger partial charge in [-0.05, 0) is 38.8 Å². The first-order valence-electron chi connectivity index (χ1n) is 9.57. The summed E-state index contributed by atoms with van der Waals surface area (Å²) in [4.78, 5) is 29.8. The highest BCUT2D eigenvalue weighted by molar-refractivity contribution is 6.14. The highest BCUT2D eigenvalue weighted by atomic mass is 16.5. The molecule has 2 unspecified atom stereocenters. The van der Waals surface area contributed by atoms with Crippen molar-refractivity contribution < 1.29 is 14.3 Å². The number of amides is 2. The molecule has 140 valence electrons. The Hall–Kier alpha value is -1.92. The molecule has 1 N–H and O–H groups in total. The van der Waals surface area contributed by atoms with E-state index in [1.807, 2.05) is 24.3 Å². The third-order valence-corrected chi connectivity index (χ3v) is 5.94. The number of para-hydroxylation sites is 2. The molecule has 0 aromatic heterocycles. The lowest BCUT2D eigenvalue weighted by molar-refractivity contribution is -0.131. The zero-order chi connectivity index (χ0) is 18.3. The number of morpholine rings is 1. The summed E-state index contributed by atoms with van der Waals surface area (Å²) in [6, 6.07) is 7.83. The largest absolute Gasteiger partial charge is 0.375 e. The first kappa shape index (κ1) is 17.5. The number of nitrogens with zero attached hydrogens (tertiary/aromatic N) is 2. The van der Waals surface area contributed by atoms with Crippen LogP contribution >= 0.6 is 0 Å². The second kappa shape index (κ2) is 6.67. The smallest absolute Gasteiger partial charge is 0.250 e. The molecule has 2 amide bonds. The number of ether oxygens (including phenoxy) is 1. The Bertz CT molecular complexity index is 716. The molecule has 6 nitrogen and oxygen atoms in total. The number of benzene rings is 1. The van der Waals surface area contributed by atoms with Crippen molar-refractivity contribution in [1.29, 1.82) is 0 Å². The summed E-state index contributed by atoms with van der Waals surface area (Å²) >= 11 is 0. The minimum absolute atomic E-state index is 0.0245. The van der Waals surface area contributed by atoms with Gasteiger partial charge in [0.1, 0.15) is 5.54 Å². The van der Waals surface area contributed by atoms with Crippen LogP contribution in [0.2, 0.25) is 0 Å². The fraction of sp³-hybridized carbons (Fsp3) is 0.600. The van der Waals surface area contributed by atoms with Gasteiger partial charge in [-0.2, -0.15) is 0 Å². The van der Waals surface area contributed by atoms with E-state index in [2.05, 4.69) is 10.2 Å². The molecule has 0 radical (unpaired) electrons. The second-order valence-corrected chi connectivity index (χ2v) is 7.99. The number of hydrogen-bond acceptors (Lipinski definition) is 4. The van der Waals surface area contributed by atoms with Crippen molar-refractivity contribution >= 4 is 23.2 Å². The SMILES string of the molecule is CC1(C)C(=O)Nc2ccccc2N1C(=O)CN1CCOC2CCCCC21. The molecule has 0 spiro atoms. The van der Waals surface area contributed by atoms with Crippen molar-refractivity contribution in [3.8, 4) is 0 Å². The molecule has 2 heterocycles. The average molecular weight is 357 g/mol. The van der Waals surface area contributed by atoms with Gasteiger partial charge in [0, 0.05) is 12.6 Å². The van der Waals surface area contributed by atoms with E-state index in [1.54, 1.807) is 18.7 Å². The standard InChI is InChI=1S/C20H27N3O3/c1-20(2)19(25)21-14-7-3-4-8-15(14)23(20)18(24)13-22-11-12-26-17-10-6-5-9-16(17)22/h3-4,7-8,16-17H,5-6,9-13H2,1-2H3,(H,21,25). The van der Waals surface area contributed by atoms with Gasteiger partial charge in [0.05, 0.1) is 30.6 Å². The summed E-state index contributed by atoms with van der Waals surface area (Å²) in [6.45, 7) is 5.39. The minimum atomic E-state index is -0.913. The first-order valence-corrected chi connectivity index (χ1v) is 9.57. The summed E-state index contributed by atoms with van der Waals surface area (Å²) in [5.74, 6) is -0.175. The van der Waals surface area contributed by atoms with Gasteiger partial charge in [0.15, 0.2) is 0 Å². The zero-order valence-electron chi connectivity index (χ0n) is 15.5. The van der Waals surface area contributed by atoms with Crippen LogP contribution in [0.1, 0.15) is 39.5 Å². The predicted octanol–water partition coefficient (Wildman–Crippen LogP) is 2.39. The summed E-state index contributed by atoms with van der Waals surface area (Å²) in [5, 5.41) is 2.92. The molecule has 1 aromatic rings. The van der Waals surface area contributed by atoms with E-state index in [-0.39, 0.29) is 17.9 Å². The van der Waals surface area contributed by atoms with Crippen LogP contribution in [0.25, 0.3) is 0 Å². The maximum Gasteiger partial charge on any atom is 0.250 e. The molecule has 2 fully saturated rings. The molecule has 3 aliphatic rings. The summed E-state index contributed by atoms with van der Waals surface area (Å²) < 4.78 is 5.92. The topological polar surface area (TPSA) is 61.9 Å². The quantitative estimate of drug-likeness (QED) is 0.883. The summed E-state index contributed by atoms with van der Waals surface area (Å²) in [5.41, 5.74) is 0.558. The Kier molecular flexibility index (Phi) is 4.49. The van der Waals surface area contributed by atoms with Gasteiger partial charge in [0.25, 0.3) is 0 Å². The fourth-order valence-electron chi connectivity index (χ4n) is 4.52. The highest BCUT2D eigenvalue weighted by Crippen LogP contribution is 2.37. The van der Waals surface area contributed by atoms with Gasteiger partial charge in [-0.25, -0.2) is 0 Å². The molecule has 1 saturated carbocycles. The number of carbonyl (C=O) groups is 2. The number of fused-ring (bicyclic) bond motifs is 2. The lowest BCUT2D eigenvalue weighted by Crippen LogP contribution is -2.62. The predicted molar refractivity (Wildman–Crippen MR) is 100 cm³/mol. The van der Waals surface area contributed by atoms with Crippen molar-refractivity contribution in [1.82, 2.24) is 4.90 Å². The van der Waals surface area contributed by atoms with Crippen LogP contribution in [0.4, 0.5) is 11.4 Å². The van der Waals surface area contributed by atoms with Crippen molar-refractivity contribution in [3.63, 3.8) is 0 Å². The van der Waals surface area contributed by atoms with E-state index in [1.165, 1.54) is 12.8 Å². The van der Waals surface area contributed by atoms with E-state index < -0.39 is 5.54 Å². The van der Waals surface area contributed by atoms with Crippen LogP contribution in [0.15, 0.2) is 24.3 Å². The van der Waals surface area contributed by atoms with Crippen molar-refractivity contribution in [2.75, 3.05) is 29.9 Å². The number of hydrogen-bond donors (Lipinski definition) is 1. The Balaban J connectivity index is 1.59. The van der Waals surface area contributed by atoms with Crippen LogP contribution < -0.4 is 10.2 Å². The summed E-state index contributed by atoms with van der Waals surface area (Å²) in [6.07, 6.45) is 4.80. The number of rotatable bonds is 2. The van der Waals surface area contributed by atoms with Gasteiger partial charge in [-0.3, -0.25) is 19.4 Å². The van der Waals surface area contributed by atoms with Gasteiger partial charge >= 0.3 is 0 Å². The van der Waals surface area contributed by atoms with E-state index >= 15 is 0 Å². The Morgan fingerprint density at radius 2 is 2.04 bits per heavy atom. The Morgan fingerprint density at radius 1 is 1.27 bits per heavy atom. The molecule has 1 aromatic carbocycles. The van der Waals surface area contributed by atoms with Crippen LogP contribution in [0.3, 0.4) is 0 Å². The monoisotopic (exact) mass is 357 g/mol. The van der Waals surface area contributed by atoms with E-state index in [0.717, 1.165) is 25.1 Å². The second-order valence-electron chi connectivity index (χ2n) is 7.99. The van der Waals surface area contributed by atoms with Gasteiger partial charge in [0.2, 0.25) is 11.8 Å². The van der Waals surface area contributed by atoms with Gasteiger partial charge in [-0.1, -0.05) is 25.0 Å². The molecule has 2 aliphatic heterocycles.